The molecular weight excluding hydrogens is 528 g/mol. The van der Waals surface area contributed by atoms with Crippen molar-refractivity contribution in [3.8, 4) is 16.9 Å². The number of nitro groups is 1. The first-order valence-electron chi connectivity index (χ1n) is 11.8. The number of halogens is 2. The Morgan fingerprint density at radius 2 is 1.82 bits per heavy atom. The SMILES string of the molecule is CNc1c(-c2cccn3c(C(=O)c4cc(F)c(N)c(F)c4)ccc23)c(OC)cc(N(C)C(=O)COC)c1[N+](=O)[O-]. The number of nitrogen functional groups attached to an aromatic ring is 1. The molecule has 40 heavy (non-hydrogen) atoms. The summed E-state index contributed by atoms with van der Waals surface area (Å²) in [4.78, 5) is 38.6. The third kappa shape index (κ3) is 4.66. The number of methoxy groups -OCH3 is 2. The van der Waals surface area contributed by atoms with E-state index in [2.05, 4.69) is 5.32 Å². The fraction of sp³-hybridized carbons (Fsp3) is 0.185. The number of nitrogens with one attached hydrogen (secondary N) is 1. The Morgan fingerprint density at radius 1 is 1.15 bits per heavy atom. The Balaban J connectivity index is 1.96. The van der Waals surface area contributed by atoms with Gasteiger partial charge in [0.1, 0.15) is 41.1 Å². The lowest BCUT2D eigenvalue weighted by Gasteiger charge is -2.22. The maximum Gasteiger partial charge on any atom is 0.316 e. The topological polar surface area (TPSA) is 141 Å². The predicted molar refractivity (Wildman–Crippen MR) is 145 cm³/mol. The minimum Gasteiger partial charge on any atom is -0.496 e. The number of carbonyl (C=O) groups is 2. The van der Waals surface area contributed by atoms with Gasteiger partial charge < -0.3 is 29.8 Å². The van der Waals surface area contributed by atoms with Gasteiger partial charge in [-0.2, -0.15) is 0 Å². The van der Waals surface area contributed by atoms with Crippen LogP contribution < -0.4 is 20.7 Å². The predicted octanol–water partition coefficient (Wildman–Crippen LogP) is 4.27. The normalized spacial score (nSPS) is 10.9. The number of fused-ring (bicyclic) bond motifs is 1. The van der Waals surface area contributed by atoms with Gasteiger partial charge in [0.15, 0.2) is 0 Å². The molecule has 0 atom stereocenters. The number of nitrogens with two attached hydrogens (primary N) is 1. The third-order valence-electron chi connectivity index (χ3n) is 6.43. The third-order valence-corrected chi connectivity index (χ3v) is 6.43. The Kier molecular flexibility index (Phi) is 7.68. The van der Waals surface area contributed by atoms with E-state index >= 15 is 0 Å². The number of ketones is 1. The van der Waals surface area contributed by atoms with Crippen LogP contribution in [0.25, 0.3) is 16.6 Å². The highest BCUT2D eigenvalue weighted by atomic mass is 19.1. The quantitative estimate of drug-likeness (QED) is 0.136. The van der Waals surface area contributed by atoms with Crippen molar-refractivity contribution in [1.82, 2.24) is 4.40 Å². The molecule has 0 aliphatic heterocycles. The monoisotopic (exact) mass is 553 g/mol. The van der Waals surface area contributed by atoms with Crippen molar-refractivity contribution in [3.63, 3.8) is 0 Å². The van der Waals surface area contributed by atoms with E-state index in [0.717, 1.165) is 17.0 Å². The number of aromatic nitrogens is 1. The number of rotatable bonds is 9. The van der Waals surface area contributed by atoms with Crippen molar-refractivity contribution in [1.29, 1.82) is 0 Å². The number of pyridine rings is 1. The van der Waals surface area contributed by atoms with Crippen molar-refractivity contribution in [3.05, 3.63) is 81.7 Å². The Hall–Kier alpha value is -5.04. The molecule has 2 aromatic carbocycles. The molecule has 1 amide bonds. The largest absolute Gasteiger partial charge is 0.496 e. The van der Waals surface area contributed by atoms with Crippen LogP contribution in [0.5, 0.6) is 5.75 Å². The lowest BCUT2D eigenvalue weighted by molar-refractivity contribution is -0.383. The van der Waals surface area contributed by atoms with E-state index in [4.69, 9.17) is 15.2 Å². The number of nitrogens with zero attached hydrogens (tertiary/aromatic N) is 3. The molecule has 11 nitrogen and oxygen atoms in total. The van der Waals surface area contributed by atoms with E-state index in [-0.39, 0.29) is 40.7 Å². The Bertz CT molecular complexity index is 1650. The van der Waals surface area contributed by atoms with Crippen LogP contribution in [0.15, 0.2) is 48.7 Å². The molecule has 0 saturated heterocycles. The Labute approximate surface area is 226 Å². The number of ether oxygens (including phenoxy) is 2. The minimum absolute atomic E-state index is 0.0254. The van der Waals surface area contributed by atoms with Gasteiger partial charge in [0.05, 0.1) is 28.8 Å². The van der Waals surface area contributed by atoms with E-state index in [0.29, 0.717) is 16.6 Å². The van der Waals surface area contributed by atoms with E-state index in [1.54, 1.807) is 24.4 Å². The molecule has 0 fully saturated rings. The number of likely N-dealkylation sites (N-methyl/N-ethyl adjacent to an activating group) is 1. The van der Waals surface area contributed by atoms with E-state index in [9.17, 15) is 28.5 Å². The van der Waals surface area contributed by atoms with Crippen LogP contribution in [0.3, 0.4) is 0 Å². The van der Waals surface area contributed by atoms with Crippen LogP contribution in [0.1, 0.15) is 16.1 Å². The molecule has 0 aliphatic carbocycles. The molecule has 2 heterocycles. The average molecular weight is 554 g/mol. The molecule has 3 N–H and O–H groups in total. The zero-order valence-electron chi connectivity index (χ0n) is 22.0. The first-order chi connectivity index (χ1) is 19.0. The highest BCUT2D eigenvalue weighted by Crippen LogP contribution is 2.49. The number of anilines is 3. The van der Waals surface area contributed by atoms with E-state index < -0.39 is 33.9 Å². The Morgan fingerprint density at radius 3 is 2.40 bits per heavy atom. The van der Waals surface area contributed by atoms with E-state index in [1.165, 1.54) is 44.8 Å². The van der Waals surface area contributed by atoms with Gasteiger partial charge in [0.25, 0.3) is 5.91 Å². The molecule has 0 spiro atoms. The molecule has 0 unspecified atom stereocenters. The van der Waals surface area contributed by atoms with Crippen LogP contribution in [0, 0.1) is 21.7 Å². The second-order valence-corrected chi connectivity index (χ2v) is 8.67. The fourth-order valence-electron chi connectivity index (χ4n) is 4.50. The van der Waals surface area contributed by atoms with Gasteiger partial charge in [-0.15, -0.1) is 0 Å². The number of hydrogen-bond acceptors (Lipinski definition) is 8. The molecule has 208 valence electrons. The maximum atomic E-state index is 14.1. The summed E-state index contributed by atoms with van der Waals surface area (Å²) < 4.78 is 40.1. The van der Waals surface area contributed by atoms with Gasteiger partial charge in [-0.25, -0.2) is 8.78 Å². The molecule has 4 rings (SSSR count). The molecule has 2 aromatic heterocycles. The lowest BCUT2D eigenvalue weighted by Crippen LogP contribution is -2.30. The van der Waals surface area contributed by atoms with Crippen LogP contribution in [0.2, 0.25) is 0 Å². The minimum atomic E-state index is -1.06. The summed E-state index contributed by atoms with van der Waals surface area (Å²) in [7, 11) is 5.59. The molecule has 0 radical (unpaired) electrons. The molecular formula is C27H25F2N5O6. The number of carbonyl (C=O) groups excluding carboxylic acids is 2. The van der Waals surface area contributed by atoms with Crippen LogP contribution >= 0.6 is 0 Å². The van der Waals surface area contributed by atoms with Gasteiger partial charge >= 0.3 is 5.69 Å². The van der Waals surface area contributed by atoms with E-state index in [1.807, 2.05) is 0 Å². The van der Waals surface area contributed by atoms with Crippen LogP contribution in [0.4, 0.5) is 31.5 Å². The molecule has 13 heteroatoms. The van der Waals surface area contributed by atoms with Crippen molar-refractivity contribution >= 4 is 40.0 Å². The van der Waals surface area contributed by atoms with Crippen molar-refractivity contribution in [2.24, 2.45) is 0 Å². The van der Waals surface area contributed by atoms with Gasteiger partial charge in [-0.3, -0.25) is 19.7 Å². The van der Waals surface area contributed by atoms with Crippen LogP contribution in [-0.2, 0) is 9.53 Å². The number of benzene rings is 2. The van der Waals surface area contributed by atoms with Gasteiger partial charge in [0, 0.05) is 44.6 Å². The van der Waals surface area contributed by atoms with Crippen molar-refractivity contribution in [2.45, 2.75) is 0 Å². The maximum absolute atomic E-state index is 14.1. The summed E-state index contributed by atoms with van der Waals surface area (Å²) in [6.07, 6.45) is 1.57. The van der Waals surface area contributed by atoms with Gasteiger partial charge in [-0.1, -0.05) is 6.07 Å². The standard InChI is InChI=1S/C27H25F2N5O6/c1-31-25-23(21(40-4)12-20(26(25)34(37)38)32(2)22(35)13-39-3)15-6-5-9-33-18(15)7-8-19(33)27(36)14-10-16(28)24(30)17(29)11-14/h5-12,31H,13,30H2,1-4H3. The van der Waals surface area contributed by atoms with Crippen molar-refractivity contribution < 1.29 is 32.8 Å². The summed E-state index contributed by atoms with van der Waals surface area (Å²) in [5, 5.41) is 15.2. The molecule has 0 bridgehead atoms. The highest BCUT2D eigenvalue weighted by Gasteiger charge is 2.32. The average Bonchev–Trinajstić information content (AvgIpc) is 3.38. The lowest BCUT2D eigenvalue weighted by atomic mass is 9.99. The summed E-state index contributed by atoms with van der Waals surface area (Å²) in [6.45, 7) is -0.297. The van der Waals surface area contributed by atoms with Crippen molar-refractivity contribution in [2.75, 3.05) is 50.9 Å². The van der Waals surface area contributed by atoms with Gasteiger partial charge in [-0.05, 0) is 30.3 Å². The summed E-state index contributed by atoms with van der Waals surface area (Å²) in [6, 6.07) is 9.44. The summed E-state index contributed by atoms with van der Waals surface area (Å²) in [5.74, 6) is -3.11. The second-order valence-electron chi connectivity index (χ2n) is 8.67. The zero-order valence-corrected chi connectivity index (χ0v) is 22.0. The summed E-state index contributed by atoms with van der Waals surface area (Å²) in [5.41, 5.74) is 5.31. The summed E-state index contributed by atoms with van der Waals surface area (Å²) >= 11 is 0. The second kappa shape index (κ2) is 11.0. The highest BCUT2D eigenvalue weighted by molar-refractivity contribution is 6.10. The first kappa shape index (κ1) is 28.0. The number of nitro benzene ring substituents is 1. The zero-order chi connectivity index (χ0) is 29.3. The smallest absolute Gasteiger partial charge is 0.316 e. The van der Waals surface area contributed by atoms with Gasteiger partial charge in [0.2, 0.25) is 5.78 Å². The molecule has 0 aliphatic rings. The first-order valence-corrected chi connectivity index (χ1v) is 11.8. The molecule has 4 aromatic rings. The molecule has 0 saturated carbocycles. The van der Waals surface area contributed by atoms with Crippen LogP contribution in [-0.4, -0.2) is 55.9 Å². The fourth-order valence-corrected chi connectivity index (χ4v) is 4.50. The number of hydrogen-bond donors (Lipinski definition) is 2. The number of amides is 1.